The Balaban J connectivity index is 2.45. The van der Waals surface area contributed by atoms with E-state index in [1.165, 1.54) is 0 Å². The van der Waals surface area contributed by atoms with Crippen LogP contribution in [0.25, 0.3) is 0 Å². The van der Waals surface area contributed by atoms with Crippen LogP contribution in [0.15, 0.2) is 0 Å². The molecule has 0 aromatic carbocycles. The molecule has 2 nitrogen and oxygen atoms in total. The van der Waals surface area contributed by atoms with Crippen LogP contribution in [0.3, 0.4) is 0 Å². The highest BCUT2D eigenvalue weighted by atomic mass is 127. The first-order valence-electron chi connectivity index (χ1n) is 1.85. The minimum atomic E-state index is 0.649. The topological polar surface area (TPSA) is 21.3 Å². The number of hydrogen-bond acceptors (Lipinski definition) is 3. The summed E-state index contributed by atoms with van der Waals surface area (Å²) < 4.78 is 4.72. The fourth-order valence-corrected chi connectivity index (χ4v) is 1.00. The fourth-order valence-electron chi connectivity index (χ4n) is 0.182. The molecule has 0 fully saturated rings. The van der Waals surface area contributed by atoms with Gasteiger partial charge in [-0.05, 0) is 21.2 Å². The Kier molecular flexibility index (Phi) is 8.00. The van der Waals surface area contributed by atoms with Gasteiger partial charge in [0.25, 0.3) is 0 Å². The Morgan fingerprint density at radius 1 is 1.86 bits per heavy atom. The number of halogens is 1. The molecule has 0 aliphatic heterocycles. The zero-order chi connectivity index (χ0) is 5.54. The maximum atomic E-state index is 4.72. The predicted molar refractivity (Wildman–Crippen MR) is 41.5 cm³/mol. The summed E-state index contributed by atoms with van der Waals surface area (Å²) in [5.74, 6) is 0.953. The van der Waals surface area contributed by atoms with E-state index in [0.29, 0.717) is 6.73 Å². The van der Waals surface area contributed by atoms with Crippen molar-refractivity contribution >= 4 is 30.1 Å². The molecular formula is C3H8INOS. The van der Waals surface area contributed by atoms with Crippen molar-refractivity contribution in [3.8, 4) is 0 Å². The minimum absolute atomic E-state index is 0.649. The van der Waals surface area contributed by atoms with Crippen molar-refractivity contribution in [3.05, 3.63) is 0 Å². The highest BCUT2D eigenvalue weighted by Crippen LogP contribution is 2.06. The molecule has 7 heavy (non-hydrogen) atoms. The van der Waals surface area contributed by atoms with Gasteiger partial charge < -0.3 is 4.74 Å². The predicted octanol–water partition coefficient (Wildman–Crippen LogP) is 1.22. The number of hydrogen-bond donors (Lipinski definition) is 1. The highest BCUT2D eigenvalue weighted by Gasteiger charge is 1.77. The summed E-state index contributed by atoms with van der Waals surface area (Å²) in [7, 11) is 3.39. The van der Waals surface area contributed by atoms with Gasteiger partial charge in [0.15, 0.2) is 0 Å². The average molecular weight is 233 g/mol. The molecule has 0 radical (unpaired) electrons. The standard InChI is InChI=1S/C3H8INOS/c1-6-2-5-3-7-4/h5H,2-3H2,1H3. The lowest BCUT2D eigenvalue weighted by atomic mass is 11.1. The molecule has 0 aromatic heterocycles. The molecule has 4 heteroatoms. The third-order valence-corrected chi connectivity index (χ3v) is 1.65. The van der Waals surface area contributed by atoms with Gasteiger partial charge in [-0.2, -0.15) is 0 Å². The summed E-state index contributed by atoms with van der Waals surface area (Å²) >= 11 is 2.23. The molecule has 0 unspecified atom stereocenters. The van der Waals surface area contributed by atoms with Gasteiger partial charge in [-0.15, -0.1) is 0 Å². The van der Waals surface area contributed by atoms with E-state index >= 15 is 0 Å². The summed E-state index contributed by atoms with van der Waals surface area (Å²) in [5.41, 5.74) is 0. The Morgan fingerprint density at radius 3 is 3.00 bits per heavy atom. The molecule has 0 rings (SSSR count). The molecule has 1 N–H and O–H groups in total. The quantitative estimate of drug-likeness (QED) is 0.448. The molecule has 0 atom stereocenters. The molecule has 0 saturated heterocycles. The third-order valence-electron chi connectivity index (χ3n) is 0.403. The first-order valence-corrected chi connectivity index (χ1v) is 5.38. The Morgan fingerprint density at radius 2 is 2.57 bits per heavy atom. The van der Waals surface area contributed by atoms with Gasteiger partial charge in [-0.3, -0.25) is 5.32 Å². The van der Waals surface area contributed by atoms with E-state index in [0.717, 1.165) is 5.88 Å². The number of rotatable bonds is 4. The average Bonchev–Trinajstić information content (AvgIpc) is 1.69. The van der Waals surface area contributed by atoms with Crippen molar-refractivity contribution in [2.45, 2.75) is 0 Å². The van der Waals surface area contributed by atoms with Crippen molar-refractivity contribution in [2.75, 3.05) is 19.7 Å². The van der Waals surface area contributed by atoms with Crippen LogP contribution in [0.2, 0.25) is 0 Å². The molecule has 0 aliphatic carbocycles. The number of ether oxygens (including phenoxy) is 1. The van der Waals surface area contributed by atoms with Gasteiger partial charge in [0.1, 0.15) is 0 Å². The van der Waals surface area contributed by atoms with Crippen molar-refractivity contribution in [1.82, 2.24) is 5.32 Å². The lowest BCUT2D eigenvalue weighted by molar-refractivity contribution is 0.181. The molecule has 0 heterocycles. The van der Waals surface area contributed by atoms with E-state index in [2.05, 4.69) is 26.5 Å². The largest absolute Gasteiger partial charge is 0.370 e. The highest BCUT2D eigenvalue weighted by molar-refractivity contribution is 14.2. The lowest BCUT2D eigenvalue weighted by Gasteiger charge is -1.95. The normalized spacial score (nSPS) is 9.43. The lowest BCUT2D eigenvalue weighted by Crippen LogP contribution is -2.14. The summed E-state index contributed by atoms with van der Waals surface area (Å²) in [6.07, 6.45) is 0. The van der Waals surface area contributed by atoms with E-state index in [4.69, 9.17) is 4.74 Å². The van der Waals surface area contributed by atoms with E-state index in [-0.39, 0.29) is 0 Å². The van der Waals surface area contributed by atoms with Gasteiger partial charge in [0.2, 0.25) is 0 Å². The van der Waals surface area contributed by atoms with Crippen LogP contribution in [-0.2, 0) is 4.74 Å². The van der Waals surface area contributed by atoms with Gasteiger partial charge in [-0.25, -0.2) is 0 Å². The smallest absolute Gasteiger partial charge is 0.0968 e. The summed E-state index contributed by atoms with van der Waals surface area (Å²) in [4.78, 5) is 0. The molecule has 0 amide bonds. The SMILES string of the molecule is COCNCSI. The Bertz CT molecular complexity index is 34.1. The second-order valence-corrected chi connectivity index (χ2v) is 3.31. The van der Waals surface area contributed by atoms with E-state index < -0.39 is 0 Å². The molecule has 0 aliphatic rings. The maximum Gasteiger partial charge on any atom is 0.0968 e. The molecule has 0 spiro atoms. The van der Waals surface area contributed by atoms with Crippen LogP contribution < -0.4 is 5.32 Å². The van der Waals surface area contributed by atoms with Crippen LogP contribution in [0.1, 0.15) is 0 Å². The summed E-state index contributed by atoms with van der Waals surface area (Å²) in [6.45, 7) is 0.649. The van der Waals surface area contributed by atoms with Crippen molar-refractivity contribution in [1.29, 1.82) is 0 Å². The van der Waals surface area contributed by atoms with Crippen LogP contribution in [0.4, 0.5) is 0 Å². The third kappa shape index (κ3) is 7.00. The second-order valence-electron chi connectivity index (χ2n) is 0.936. The zero-order valence-corrected chi connectivity index (χ0v) is 7.08. The van der Waals surface area contributed by atoms with Crippen LogP contribution in [-0.4, -0.2) is 19.7 Å². The van der Waals surface area contributed by atoms with E-state index in [9.17, 15) is 0 Å². The molecule has 0 aromatic rings. The van der Waals surface area contributed by atoms with Crippen LogP contribution in [0, 0.1) is 0 Å². The molecule has 0 saturated carbocycles. The van der Waals surface area contributed by atoms with Gasteiger partial charge in [0, 0.05) is 7.11 Å². The number of nitrogens with one attached hydrogen (secondary N) is 1. The van der Waals surface area contributed by atoms with E-state index in [1.54, 1.807) is 16.0 Å². The van der Waals surface area contributed by atoms with Gasteiger partial charge >= 0.3 is 0 Å². The second kappa shape index (κ2) is 7.00. The fraction of sp³-hybridized carbons (Fsp3) is 1.00. The maximum absolute atomic E-state index is 4.72. The molecule has 44 valence electrons. The van der Waals surface area contributed by atoms with Crippen molar-refractivity contribution in [3.63, 3.8) is 0 Å². The Labute approximate surface area is 60.0 Å². The summed E-state index contributed by atoms with van der Waals surface area (Å²) in [6, 6.07) is 0. The Hall–Kier alpha value is 1.00. The van der Waals surface area contributed by atoms with Gasteiger partial charge in [0.05, 0.1) is 12.6 Å². The minimum Gasteiger partial charge on any atom is -0.370 e. The first-order chi connectivity index (χ1) is 3.41. The monoisotopic (exact) mass is 233 g/mol. The molecule has 0 bridgehead atoms. The first kappa shape index (κ1) is 8.00. The van der Waals surface area contributed by atoms with Gasteiger partial charge in [-0.1, -0.05) is 8.93 Å². The van der Waals surface area contributed by atoms with Crippen LogP contribution >= 0.6 is 30.1 Å². The van der Waals surface area contributed by atoms with Crippen molar-refractivity contribution in [2.24, 2.45) is 0 Å². The van der Waals surface area contributed by atoms with E-state index in [1.807, 2.05) is 0 Å². The van der Waals surface area contributed by atoms with Crippen molar-refractivity contribution < 1.29 is 4.74 Å². The zero-order valence-electron chi connectivity index (χ0n) is 4.11. The van der Waals surface area contributed by atoms with Crippen LogP contribution in [0.5, 0.6) is 0 Å². The summed E-state index contributed by atoms with van der Waals surface area (Å²) in [5, 5.41) is 3.02. The number of methoxy groups -OCH3 is 1. The molecular weight excluding hydrogens is 225 g/mol.